The lowest BCUT2D eigenvalue weighted by atomic mass is 9.96. The van der Waals surface area contributed by atoms with Gasteiger partial charge in [-0.2, -0.15) is 0 Å². The van der Waals surface area contributed by atoms with E-state index >= 15 is 0 Å². The lowest BCUT2D eigenvalue weighted by molar-refractivity contribution is -0.138. The van der Waals surface area contributed by atoms with Gasteiger partial charge >= 0.3 is 12.0 Å². The molecule has 0 spiro atoms. The van der Waals surface area contributed by atoms with E-state index in [9.17, 15) is 9.59 Å². The molecule has 0 aromatic heterocycles. The number of urea groups is 1. The average molecular weight is 396 g/mol. The number of likely N-dealkylation sites (tertiary alicyclic amines) is 1. The molecule has 7 heteroatoms. The molecule has 2 N–H and O–H groups in total. The van der Waals surface area contributed by atoms with Crippen LogP contribution < -0.4 is 5.32 Å². The van der Waals surface area contributed by atoms with Crippen molar-refractivity contribution in [1.29, 1.82) is 0 Å². The number of benzene rings is 1. The Bertz CT molecular complexity index is 636. The van der Waals surface area contributed by atoms with Gasteiger partial charge in [-0.05, 0) is 49.9 Å². The van der Waals surface area contributed by atoms with Crippen molar-refractivity contribution in [3.63, 3.8) is 0 Å². The molecule has 2 unspecified atom stereocenters. The van der Waals surface area contributed by atoms with Crippen LogP contribution in [0.2, 0.25) is 5.02 Å². The van der Waals surface area contributed by atoms with Gasteiger partial charge in [0.05, 0.1) is 12.6 Å². The number of halogens is 1. The number of amides is 2. The van der Waals surface area contributed by atoms with E-state index in [1.165, 1.54) is 0 Å². The van der Waals surface area contributed by atoms with E-state index in [0.717, 1.165) is 24.8 Å². The minimum atomic E-state index is -0.820. The zero-order valence-corrected chi connectivity index (χ0v) is 17.1. The molecule has 0 saturated carbocycles. The Morgan fingerprint density at radius 2 is 1.93 bits per heavy atom. The second-order valence-corrected chi connectivity index (χ2v) is 8.04. The average Bonchev–Trinajstić information content (AvgIpc) is 2.86. The third-order valence-electron chi connectivity index (χ3n) is 5.17. The third-order valence-corrected chi connectivity index (χ3v) is 5.42. The van der Waals surface area contributed by atoms with Gasteiger partial charge in [0, 0.05) is 24.2 Å². The maximum Gasteiger partial charge on any atom is 0.317 e. The van der Waals surface area contributed by atoms with Crippen molar-refractivity contribution in [2.45, 2.75) is 45.2 Å². The first kappa shape index (κ1) is 21.5. The Kier molecular flexibility index (Phi) is 7.92. The van der Waals surface area contributed by atoms with Crippen molar-refractivity contribution in [3.8, 4) is 0 Å². The zero-order chi connectivity index (χ0) is 20.0. The highest BCUT2D eigenvalue weighted by Gasteiger charge is 2.26. The summed E-state index contributed by atoms with van der Waals surface area (Å²) in [5, 5.41) is 12.8. The second kappa shape index (κ2) is 9.95. The molecule has 0 radical (unpaired) electrons. The van der Waals surface area contributed by atoms with Crippen molar-refractivity contribution in [2.24, 2.45) is 5.92 Å². The summed E-state index contributed by atoms with van der Waals surface area (Å²) in [6, 6.07) is 7.63. The summed E-state index contributed by atoms with van der Waals surface area (Å²) in [4.78, 5) is 27.5. The summed E-state index contributed by atoms with van der Waals surface area (Å²) < 4.78 is 0. The molecule has 2 amide bonds. The van der Waals surface area contributed by atoms with Crippen LogP contribution in [0.25, 0.3) is 0 Å². The van der Waals surface area contributed by atoms with E-state index in [1.807, 2.05) is 41.1 Å². The Morgan fingerprint density at radius 3 is 2.52 bits per heavy atom. The Morgan fingerprint density at radius 1 is 1.26 bits per heavy atom. The number of rotatable bonds is 6. The molecule has 1 aromatic carbocycles. The number of carboxylic acids is 1. The molecule has 27 heavy (non-hydrogen) atoms. The molecule has 1 aromatic rings. The smallest absolute Gasteiger partial charge is 0.317 e. The number of hydrogen-bond donors (Lipinski definition) is 2. The quantitative estimate of drug-likeness (QED) is 0.771. The predicted octanol–water partition coefficient (Wildman–Crippen LogP) is 3.62. The first-order valence-corrected chi connectivity index (χ1v) is 9.88. The number of carboxylic acid groups (broad SMARTS) is 1. The number of likely N-dealkylation sites (N-methyl/N-ethyl adjacent to an activating group) is 1. The molecule has 150 valence electrons. The molecular weight excluding hydrogens is 366 g/mol. The summed E-state index contributed by atoms with van der Waals surface area (Å²) in [5.74, 6) is -0.573. The van der Waals surface area contributed by atoms with Gasteiger partial charge in [-0.3, -0.25) is 9.69 Å². The molecule has 1 heterocycles. The highest BCUT2D eigenvalue weighted by Crippen LogP contribution is 2.24. The molecule has 1 aliphatic heterocycles. The lowest BCUT2D eigenvalue weighted by Gasteiger charge is -2.28. The van der Waals surface area contributed by atoms with E-state index < -0.39 is 5.97 Å². The van der Waals surface area contributed by atoms with Gasteiger partial charge in [0.25, 0.3) is 0 Å². The van der Waals surface area contributed by atoms with Crippen LogP contribution in [0.5, 0.6) is 0 Å². The van der Waals surface area contributed by atoms with Crippen molar-refractivity contribution >= 4 is 23.6 Å². The molecule has 1 saturated heterocycles. The second-order valence-electron chi connectivity index (χ2n) is 7.60. The van der Waals surface area contributed by atoms with Crippen LogP contribution in [0.1, 0.15) is 44.7 Å². The third kappa shape index (κ3) is 6.40. The Balaban J connectivity index is 1.97. The lowest BCUT2D eigenvalue weighted by Crippen LogP contribution is -2.44. The molecule has 1 fully saturated rings. The van der Waals surface area contributed by atoms with Crippen LogP contribution in [-0.2, 0) is 4.79 Å². The van der Waals surface area contributed by atoms with Crippen molar-refractivity contribution in [2.75, 3.05) is 26.7 Å². The summed E-state index contributed by atoms with van der Waals surface area (Å²) in [6.45, 7) is 5.52. The van der Waals surface area contributed by atoms with Gasteiger partial charge in [-0.1, -0.05) is 37.6 Å². The zero-order valence-electron chi connectivity index (χ0n) is 16.3. The van der Waals surface area contributed by atoms with Gasteiger partial charge < -0.3 is 15.3 Å². The SMILES string of the molecule is CC(C)C(NC(=O)N1CCCC(N(C)CC(=O)O)CC1)c1ccc(Cl)cc1. The number of carbonyl (C=O) groups excluding carboxylic acids is 1. The molecule has 0 aliphatic carbocycles. The standard InChI is InChI=1S/C20H30ClN3O3/c1-14(2)19(15-6-8-16(21)9-7-15)22-20(27)24-11-4-5-17(10-12-24)23(3)13-18(25)26/h6-9,14,17,19H,4-5,10-13H2,1-3H3,(H,22,27)(H,25,26). The maximum atomic E-state index is 12.8. The maximum absolute atomic E-state index is 12.8. The molecular formula is C20H30ClN3O3. The number of hydrogen-bond acceptors (Lipinski definition) is 3. The van der Waals surface area contributed by atoms with Crippen molar-refractivity contribution in [1.82, 2.24) is 15.1 Å². The van der Waals surface area contributed by atoms with Gasteiger partial charge in [-0.15, -0.1) is 0 Å². The van der Waals surface area contributed by atoms with Crippen LogP contribution in [0.3, 0.4) is 0 Å². The van der Waals surface area contributed by atoms with Crippen LogP contribution in [0.4, 0.5) is 4.79 Å². The van der Waals surface area contributed by atoms with Gasteiger partial charge in [-0.25, -0.2) is 4.79 Å². The minimum Gasteiger partial charge on any atom is -0.480 e. The number of nitrogens with zero attached hydrogens (tertiary/aromatic N) is 2. The molecule has 2 rings (SSSR count). The van der Waals surface area contributed by atoms with Crippen molar-refractivity contribution in [3.05, 3.63) is 34.9 Å². The number of nitrogens with one attached hydrogen (secondary N) is 1. The van der Waals surface area contributed by atoms with E-state index in [-0.39, 0.29) is 30.6 Å². The van der Waals surface area contributed by atoms with Crippen LogP contribution >= 0.6 is 11.6 Å². The van der Waals surface area contributed by atoms with Crippen LogP contribution in [0.15, 0.2) is 24.3 Å². The first-order chi connectivity index (χ1) is 12.8. The van der Waals surface area contributed by atoms with E-state index in [0.29, 0.717) is 18.1 Å². The topological polar surface area (TPSA) is 72.9 Å². The molecule has 2 atom stereocenters. The van der Waals surface area contributed by atoms with Gasteiger partial charge in [0.15, 0.2) is 0 Å². The van der Waals surface area contributed by atoms with E-state index in [4.69, 9.17) is 16.7 Å². The van der Waals surface area contributed by atoms with Gasteiger partial charge in [0.2, 0.25) is 0 Å². The summed E-state index contributed by atoms with van der Waals surface area (Å²) >= 11 is 5.98. The van der Waals surface area contributed by atoms with E-state index in [1.54, 1.807) is 0 Å². The Hall–Kier alpha value is -1.79. The van der Waals surface area contributed by atoms with Crippen molar-refractivity contribution < 1.29 is 14.7 Å². The normalized spacial score (nSPS) is 19.0. The van der Waals surface area contributed by atoms with Crippen LogP contribution in [-0.4, -0.2) is 59.6 Å². The summed E-state index contributed by atoms with van der Waals surface area (Å²) in [7, 11) is 1.84. The van der Waals surface area contributed by atoms with E-state index in [2.05, 4.69) is 19.2 Å². The Labute approximate surface area is 166 Å². The monoisotopic (exact) mass is 395 g/mol. The first-order valence-electron chi connectivity index (χ1n) is 9.51. The fourth-order valence-electron chi connectivity index (χ4n) is 3.59. The largest absolute Gasteiger partial charge is 0.480 e. The fraction of sp³-hybridized carbons (Fsp3) is 0.600. The predicted molar refractivity (Wildman–Crippen MR) is 107 cm³/mol. The minimum absolute atomic E-state index is 0.0306. The molecule has 6 nitrogen and oxygen atoms in total. The summed E-state index contributed by atoms with van der Waals surface area (Å²) in [5.41, 5.74) is 1.04. The molecule has 1 aliphatic rings. The van der Waals surface area contributed by atoms with Gasteiger partial charge in [0.1, 0.15) is 0 Å². The number of carbonyl (C=O) groups is 2. The fourth-order valence-corrected chi connectivity index (χ4v) is 3.72. The molecule has 0 bridgehead atoms. The number of aliphatic carboxylic acids is 1. The highest BCUT2D eigenvalue weighted by atomic mass is 35.5. The van der Waals surface area contributed by atoms with Crippen LogP contribution in [0, 0.1) is 5.92 Å². The summed E-state index contributed by atoms with van der Waals surface area (Å²) in [6.07, 6.45) is 2.55. The highest BCUT2D eigenvalue weighted by molar-refractivity contribution is 6.30.